The summed E-state index contributed by atoms with van der Waals surface area (Å²) in [4.78, 5) is 0. The second kappa shape index (κ2) is 6.70. The summed E-state index contributed by atoms with van der Waals surface area (Å²) >= 11 is 0. The lowest BCUT2D eigenvalue weighted by molar-refractivity contribution is -0.137. The van der Waals surface area contributed by atoms with E-state index >= 15 is 0 Å². The molecular formula is C16H15BF3O-. The van der Waals surface area contributed by atoms with Crippen molar-refractivity contribution in [2.75, 3.05) is 6.61 Å². The second-order valence-electron chi connectivity index (χ2n) is 4.58. The average molecular weight is 291 g/mol. The lowest BCUT2D eigenvalue weighted by atomic mass is 9.65. The van der Waals surface area contributed by atoms with Crippen molar-refractivity contribution in [3.05, 3.63) is 59.7 Å². The fourth-order valence-electron chi connectivity index (χ4n) is 2.00. The summed E-state index contributed by atoms with van der Waals surface area (Å²) < 4.78 is 43.5. The van der Waals surface area contributed by atoms with Gasteiger partial charge >= 0.3 is 6.18 Å². The van der Waals surface area contributed by atoms with Gasteiger partial charge in [-0.15, -0.1) is 0 Å². The van der Waals surface area contributed by atoms with Crippen molar-refractivity contribution in [2.24, 2.45) is 0 Å². The maximum atomic E-state index is 12.7. The Labute approximate surface area is 123 Å². The monoisotopic (exact) mass is 291 g/mol. The van der Waals surface area contributed by atoms with Crippen molar-refractivity contribution in [1.82, 2.24) is 0 Å². The Bertz CT molecular complexity index is 582. The molecule has 1 nitrogen and oxygen atoms in total. The Morgan fingerprint density at radius 2 is 1.76 bits per heavy atom. The SMILES string of the molecule is CCOc1cc(C(F)(F)F)ccc1[B-]Cc1ccccc1. The highest BCUT2D eigenvalue weighted by Gasteiger charge is 2.30. The topological polar surface area (TPSA) is 9.23 Å². The molecule has 5 heteroatoms. The Hall–Kier alpha value is -1.91. The Balaban J connectivity index is 2.18. The van der Waals surface area contributed by atoms with Crippen LogP contribution < -0.4 is 10.2 Å². The van der Waals surface area contributed by atoms with Crippen LogP contribution >= 0.6 is 0 Å². The highest BCUT2D eigenvalue weighted by atomic mass is 19.4. The maximum Gasteiger partial charge on any atom is 0.416 e. The molecular weight excluding hydrogens is 276 g/mol. The first-order valence-corrected chi connectivity index (χ1v) is 6.72. The van der Waals surface area contributed by atoms with Crippen molar-refractivity contribution in [2.45, 2.75) is 19.4 Å². The molecule has 2 aromatic carbocycles. The van der Waals surface area contributed by atoms with Crippen LogP contribution in [0, 0.1) is 0 Å². The van der Waals surface area contributed by atoms with Crippen molar-refractivity contribution in [3.63, 3.8) is 0 Å². The molecule has 0 atom stereocenters. The van der Waals surface area contributed by atoms with Gasteiger partial charge in [0.05, 0.1) is 17.9 Å². The van der Waals surface area contributed by atoms with Crippen molar-refractivity contribution in [1.29, 1.82) is 0 Å². The van der Waals surface area contributed by atoms with Crippen LogP contribution in [0.4, 0.5) is 13.2 Å². The first kappa shape index (κ1) is 15.5. The second-order valence-corrected chi connectivity index (χ2v) is 4.58. The molecule has 2 radical (unpaired) electrons. The number of alkyl halides is 3. The predicted molar refractivity (Wildman–Crippen MR) is 78.1 cm³/mol. The van der Waals surface area contributed by atoms with Gasteiger partial charge in [-0.2, -0.15) is 13.2 Å². The molecule has 0 saturated carbocycles. The molecule has 0 bridgehead atoms. The molecule has 0 aliphatic heterocycles. The van der Waals surface area contributed by atoms with Crippen LogP contribution in [0.2, 0.25) is 0 Å². The van der Waals surface area contributed by atoms with E-state index in [1.807, 2.05) is 37.6 Å². The van der Waals surface area contributed by atoms with Crippen LogP contribution in [0.25, 0.3) is 0 Å². The summed E-state index contributed by atoms with van der Waals surface area (Å²) in [7, 11) is 1.88. The Morgan fingerprint density at radius 3 is 2.38 bits per heavy atom. The molecule has 0 spiro atoms. The molecule has 0 amide bonds. The van der Waals surface area contributed by atoms with E-state index < -0.39 is 11.7 Å². The average Bonchev–Trinajstić information content (AvgIpc) is 2.46. The van der Waals surface area contributed by atoms with Crippen molar-refractivity contribution < 1.29 is 17.9 Å². The van der Waals surface area contributed by atoms with Crippen LogP contribution in [0.5, 0.6) is 5.75 Å². The molecule has 0 heterocycles. The van der Waals surface area contributed by atoms with E-state index in [-0.39, 0.29) is 5.75 Å². The fraction of sp³-hybridized carbons (Fsp3) is 0.250. The Kier molecular flexibility index (Phi) is 4.94. The first-order valence-electron chi connectivity index (χ1n) is 6.72. The third-order valence-corrected chi connectivity index (χ3v) is 3.04. The number of hydrogen-bond donors (Lipinski definition) is 0. The lowest BCUT2D eigenvalue weighted by Crippen LogP contribution is -2.21. The minimum Gasteiger partial charge on any atom is -0.497 e. The van der Waals surface area contributed by atoms with Gasteiger partial charge in [-0.3, -0.25) is 7.28 Å². The number of halogens is 3. The highest BCUT2D eigenvalue weighted by Crippen LogP contribution is 2.30. The largest absolute Gasteiger partial charge is 0.497 e. The highest BCUT2D eigenvalue weighted by molar-refractivity contribution is 6.54. The van der Waals surface area contributed by atoms with Gasteiger partial charge in [0.25, 0.3) is 0 Å². The van der Waals surface area contributed by atoms with E-state index in [0.29, 0.717) is 18.4 Å². The molecule has 0 aliphatic rings. The van der Waals surface area contributed by atoms with E-state index in [2.05, 4.69) is 0 Å². The number of ether oxygens (including phenoxy) is 1. The van der Waals surface area contributed by atoms with Crippen LogP contribution in [-0.2, 0) is 12.5 Å². The minimum atomic E-state index is -4.36. The zero-order valence-corrected chi connectivity index (χ0v) is 11.7. The molecule has 2 aromatic rings. The van der Waals surface area contributed by atoms with Crippen LogP contribution in [-0.4, -0.2) is 13.9 Å². The van der Waals surface area contributed by atoms with Gasteiger partial charge in [-0.05, 0) is 13.0 Å². The standard InChI is InChI=1S/C16H15BF3O/c1-2-21-15-10-13(16(18,19)20)8-9-14(15)17-11-12-6-4-3-5-7-12/h3-10H,2,11H2,1H3/q-1. The number of rotatable bonds is 5. The van der Waals surface area contributed by atoms with Crippen molar-refractivity contribution >= 4 is 12.7 Å². The summed E-state index contributed by atoms with van der Waals surface area (Å²) in [5.41, 5.74) is 1.08. The summed E-state index contributed by atoms with van der Waals surface area (Å²) in [6, 6.07) is 13.3. The number of hydrogen-bond acceptors (Lipinski definition) is 1. The van der Waals surface area contributed by atoms with Gasteiger partial charge in [0.2, 0.25) is 0 Å². The molecule has 0 aromatic heterocycles. The van der Waals surface area contributed by atoms with E-state index in [4.69, 9.17) is 4.74 Å². The van der Waals surface area contributed by atoms with Crippen molar-refractivity contribution in [3.8, 4) is 5.75 Å². The van der Waals surface area contributed by atoms with Gasteiger partial charge in [0, 0.05) is 0 Å². The molecule has 21 heavy (non-hydrogen) atoms. The predicted octanol–water partition coefficient (Wildman–Crippen LogP) is 3.63. The lowest BCUT2D eigenvalue weighted by Gasteiger charge is -2.22. The third-order valence-electron chi connectivity index (χ3n) is 3.04. The zero-order valence-electron chi connectivity index (χ0n) is 11.7. The quantitative estimate of drug-likeness (QED) is 0.764. The Morgan fingerprint density at radius 1 is 1.05 bits per heavy atom. The molecule has 0 aliphatic carbocycles. The van der Waals surface area contributed by atoms with Crippen LogP contribution in [0.15, 0.2) is 48.5 Å². The van der Waals surface area contributed by atoms with Gasteiger partial charge in [-0.25, -0.2) is 11.8 Å². The summed E-state index contributed by atoms with van der Waals surface area (Å²) in [6.07, 6.45) is -3.71. The van der Waals surface area contributed by atoms with E-state index in [1.165, 1.54) is 6.07 Å². The van der Waals surface area contributed by atoms with Gasteiger partial charge < -0.3 is 4.74 Å². The number of benzene rings is 2. The summed E-state index contributed by atoms with van der Waals surface area (Å²) in [5.74, 6) is 0.267. The van der Waals surface area contributed by atoms with E-state index in [1.54, 1.807) is 6.92 Å². The maximum absolute atomic E-state index is 12.7. The molecule has 2 rings (SSSR count). The normalized spacial score (nSPS) is 11.4. The van der Waals surface area contributed by atoms with Gasteiger partial charge in [0.15, 0.2) is 0 Å². The van der Waals surface area contributed by atoms with Gasteiger partial charge in [-0.1, -0.05) is 48.0 Å². The van der Waals surface area contributed by atoms with E-state index in [0.717, 1.165) is 17.7 Å². The van der Waals surface area contributed by atoms with Crippen LogP contribution in [0.1, 0.15) is 18.1 Å². The third kappa shape index (κ3) is 4.28. The smallest absolute Gasteiger partial charge is 0.416 e. The van der Waals surface area contributed by atoms with Crippen LogP contribution in [0.3, 0.4) is 0 Å². The van der Waals surface area contributed by atoms with Gasteiger partial charge in [0.1, 0.15) is 0 Å². The molecule has 0 saturated heterocycles. The first-order chi connectivity index (χ1) is 10.0. The molecule has 110 valence electrons. The fourth-order valence-corrected chi connectivity index (χ4v) is 2.00. The molecule has 0 unspecified atom stereocenters. The van der Waals surface area contributed by atoms with E-state index in [9.17, 15) is 13.2 Å². The minimum absolute atomic E-state index is 0.267. The summed E-state index contributed by atoms with van der Waals surface area (Å²) in [5, 5.41) is 0. The zero-order chi connectivity index (χ0) is 15.3. The molecule has 0 fully saturated rings. The summed E-state index contributed by atoms with van der Waals surface area (Å²) in [6.45, 7) is 2.08. The molecule has 0 N–H and O–H groups in total.